The molecule has 94 valence electrons. The molecule has 0 aliphatic carbocycles. The largest absolute Gasteiger partial charge is 0.311 e. The summed E-state index contributed by atoms with van der Waals surface area (Å²) in [6, 6.07) is 9.05. The number of anilines is 1. The first-order valence-corrected chi connectivity index (χ1v) is 6.29. The number of hydrogen-bond donors (Lipinski definition) is 1. The fourth-order valence-electron chi connectivity index (χ4n) is 1.62. The van der Waals surface area contributed by atoms with Crippen LogP contribution in [0.2, 0.25) is 0 Å². The van der Waals surface area contributed by atoms with E-state index in [-0.39, 0.29) is 5.91 Å². The van der Waals surface area contributed by atoms with E-state index in [2.05, 4.69) is 20.0 Å². The Hall–Kier alpha value is -2.54. The van der Waals surface area contributed by atoms with E-state index in [4.69, 9.17) is 0 Å². The second-order valence-corrected chi connectivity index (χ2v) is 4.52. The lowest BCUT2D eigenvalue weighted by Crippen LogP contribution is -2.11. The molecule has 2 aromatic heterocycles. The van der Waals surface area contributed by atoms with Gasteiger partial charge in [-0.3, -0.25) is 4.79 Å². The van der Waals surface area contributed by atoms with E-state index in [0.29, 0.717) is 10.6 Å². The zero-order valence-corrected chi connectivity index (χ0v) is 10.5. The minimum atomic E-state index is -0.194. The molecule has 1 N–H and O–H groups in total. The number of carbonyl (C=O) groups excluding carboxylic acids is 1. The van der Waals surface area contributed by atoms with E-state index >= 15 is 0 Å². The monoisotopic (exact) mass is 271 g/mol. The summed E-state index contributed by atoms with van der Waals surface area (Å²) in [5.74, 6) is -0.194. The quantitative estimate of drug-likeness (QED) is 0.790. The van der Waals surface area contributed by atoms with Crippen molar-refractivity contribution in [1.82, 2.24) is 19.4 Å². The summed E-state index contributed by atoms with van der Waals surface area (Å²) in [5, 5.41) is 11.2. The minimum absolute atomic E-state index is 0.194. The van der Waals surface area contributed by atoms with Crippen LogP contribution in [0, 0.1) is 0 Å². The number of aromatic nitrogens is 4. The zero-order valence-electron chi connectivity index (χ0n) is 9.72. The number of carbonyl (C=O) groups is 1. The summed E-state index contributed by atoms with van der Waals surface area (Å²) in [6.07, 6.45) is 5.03. The van der Waals surface area contributed by atoms with Crippen LogP contribution in [0.15, 0.2) is 48.9 Å². The lowest BCUT2D eigenvalue weighted by molar-refractivity contribution is 0.102. The highest BCUT2D eigenvalue weighted by atomic mass is 32.1. The summed E-state index contributed by atoms with van der Waals surface area (Å²) in [4.78, 5) is 12.0. The first-order chi connectivity index (χ1) is 9.33. The Bertz CT molecular complexity index is 678. The second kappa shape index (κ2) is 4.99. The Labute approximate surface area is 112 Å². The van der Waals surface area contributed by atoms with Crippen LogP contribution in [0.1, 0.15) is 10.4 Å². The minimum Gasteiger partial charge on any atom is -0.311 e. The standard InChI is InChI=1S/C12H9N5OS/c18-12(15-11-8-13-16-19-11)9-3-1-4-10(7-9)17-6-2-5-14-17/h1-8H,(H,15,18). The van der Waals surface area contributed by atoms with Crippen molar-refractivity contribution in [2.24, 2.45) is 0 Å². The van der Waals surface area contributed by atoms with Gasteiger partial charge in [0.25, 0.3) is 5.91 Å². The summed E-state index contributed by atoms with van der Waals surface area (Å²) in [5.41, 5.74) is 1.39. The SMILES string of the molecule is O=C(Nc1cnns1)c1cccc(-n2cccn2)c1. The predicted molar refractivity (Wildman–Crippen MR) is 71.4 cm³/mol. The number of nitrogens with zero attached hydrogens (tertiary/aromatic N) is 4. The van der Waals surface area contributed by atoms with Crippen LogP contribution in [-0.2, 0) is 0 Å². The van der Waals surface area contributed by atoms with Gasteiger partial charge >= 0.3 is 0 Å². The van der Waals surface area contributed by atoms with Crippen molar-refractivity contribution in [3.63, 3.8) is 0 Å². The Balaban J connectivity index is 1.85. The number of hydrogen-bond acceptors (Lipinski definition) is 5. The molecule has 0 aliphatic rings. The van der Waals surface area contributed by atoms with Crippen LogP contribution in [0.5, 0.6) is 0 Å². The molecular weight excluding hydrogens is 262 g/mol. The van der Waals surface area contributed by atoms with Gasteiger partial charge in [0.1, 0.15) is 5.00 Å². The number of rotatable bonds is 3. The normalized spacial score (nSPS) is 10.3. The van der Waals surface area contributed by atoms with Crippen molar-refractivity contribution in [2.75, 3.05) is 5.32 Å². The molecule has 0 saturated heterocycles. The third kappa shape index (κ3) is 2.50. The van der Waals surface area contributed by atoms with Crippen molar-refractivity contribution in [3.8, 4) is 5.69 Å². The van der Waals surface area contributed by atoms with E-state index in [0.717, 1.165) is 17.2 Å². The molecule has 1 aromatic carbocycles. The third-order valence-electron chi connectivity index (χ3n) is 2.48. The smallest absolute Gasteiger partial charge is 0.256 e. The number of amides is 1. The van der Waals surface area contributed by atoms with Gasteiger partial charge < -0.3 is 5.32 Å². The lowest BCUT2D eigenvalue weighted by Gasteiger charge is -2.05. The first kappa shape index (κ1) is 11.5. The van der Waals surface area contributed by atoms with Gasteiger partial charge in [0.05, 0.1) is 11.9 Å². The second-order valence-electron chi connectivity index (χ2n) is 3.74. The molecule has 0 unspecified atom stereocenters. The van der Waals surface area contributed by atoms with Gasteiger partial charge in [0, 0.05) is 29.5 Å². The van der Waals surface area contributed by atoms with Crippen molar-refractivity contribution < 1.29 is 4.79 Å². The molecule has 3 rings (SSSR count). The van der Waals surface area contributed by atoms with Crippen LogP contribution in [0.25, 0.3) is 5.69 Å². The number of benzene rings is 1. The zero-order chi connectivity index (χ0) is 13.1. The molecule has 0 spiro atoms. The van der Waals surface area contributed by atoms with Gasteiger partial charge in [-0.1, -0.05) is 10.6 Å². The van der Waals surface area contributed by atoms with E-state index < -0.39 is 0 Å². The summed E-state index contributed by atoms with van der Waals surface area (Å²) in [6.45, 7) is 0. The average Bonchev–Trinajstić information content (AvgIpc) is 3.12. The fraction of sp³-hybridized carbons (Fsp3) is 0. The molecule has 0 atom stereocenters. The molecule has 3 aromatic rings. The third-order valence-corrected chi connectivity index (χ3v) is 3.06. The summed E-state index contributed by atoms with van der Waals surface area (Å²) in [7, 11) is 0. The lowest BCUT2D eigenvalue weighted by atomic mass is 10.2. The van der Waals surface area contributed by atoms with E-state index in [1.165, 1.54) is 6.20 Å². The molecule has 0 fully saturated rings. The molecule has 0 saturated carbocycles. The molecule has 1 amide bonds. The topological polar surface area (TPSA) is 72.7 Å². The molecule has 7 heteroatoms. The maximum absolute atomic E-state index is 12.0. The van der Waals surface area contributed by atoms with Crippen molar-refractivity contribution in [3.05, 3.63) is 54.5 Å². The average molecular weight is 271 g/mol. The van der Waals surface area contributed by atoms with Crippen molar-refractivity contribution in [2.45, 2.75) is 0 Å². The van der Waals surface area contributed by atoms with Gasteiger partial charge in [0.15, 0.2) is 0 Å². The highest BCUT2D eigenvalue weighted by molar-refractivity contribution is 7.10. The van der Waals surface area contributed by atoms with Gasteiger partial charge in [-0.15, -0.1) is 5.10 Å². The van der Waals surface area contributed by atoms with Crippen LogP contribution in [-0.4, -0.2) is 25.3 Å². The molecule has 0 aliphatic heterocycles. The Morgan fingerprint density at radius 3 is 3.00 bits per heavy atom. The van der Waals surface area contributed by atoms with E-state index in [1.807, 2.05) is 24.4 Å². The summed E-state index contributed by atoms with van der Waals surface area (Å²) < 4.78 is 5.39. The summed E-state index contributed by atoms with van der Waals surface area (Å²) >= 11 is 1.14. The van der Waals surface area contributed by atoms with Crippen LogP contribution >= 0.6 is 11.5 Å². The highest BCUT2D eigenvalue weighted by Crippen LogP contribution is 2.14. The Morgan fingerprint density at radius 2 is 2.26 bits per heavy atom. The molecule has 2 heterocycles. The Morgan fingerprint density at radius 1 is 1.32 bits per heavy atom. The molecular formula is C12H9N5OS. The van der Waals surface area contributed by atoms with Gasteiger partial charge in [-0.2, -0.15) is 5.10 Å². The van der Waals surface area contributed by atoms with E-state index in [9.17, 15) is 4.79 Å². The molecule has 0 radical (unpaired) electrons. The van der Waals surface area contributed by atoms with Crippen molar-refractivity contribution in [1.29, 1.82) is 0 Å². The molecule has 6 nitrogen and oxygen atoms in total. The van der Waals surface area contributed by atoms with Gasteiger partial charge in [-0.25, -0.2) is 4.68 Å². The maximum Gasteiger partial charge on any atom is 0.256 e. The fourth-order valence-corrected chi connectivity index (χ4v) is 2.03. The Kier molecular flexibility index (Phi) is 3.03. The molecule has 19 heavy (non-hydrogen) atoms. The van der Waals surface area contributed by atoms with E-state index in [1.54, 1.807) is 23.0 Å². The van der Waals surface area contributed by atoms with Crippen LogP contribution in [0.3, 0.4) is 0 Å². The highest BCUT2D eigenvalue weighted by Gasteiger charge is 2.08. The predicted octanol–water partition coefficient (Wildman–Crippen LogP) is 1.98. The molecule has 0 bridgehead atoms. The van der Waals surface area contributed by atoms with Gasteiger partial charge in [-0.05, 0) is 24.3 Å². The maximum atomic E-state index is 12.0. The van der Waals surface area contributed by atoms with Gasteiger partial charge in [0.2, 0.25) is 0 Å². The van der Waals surface area contributed by atoms with Crippen LogP contribution < -0.4 is 5.32 Å². The van der Waals surface area contributed by atoms with Crippen molar-refractivity contribution >= 4 is 22.4 Å². The number of nitrogens with one attached hydrogen (secondary N) is 1. The first-order valence-electron chi connectivity index (χ1n) is 5.52. The van der Waals surface area contributed by atoms with Crippen LogP contribution in [0.4, 0.5) is 5.00 Å².